The van der Waals surface area contributed by atoms with Gasteiger partial charge in [0, 0.05) is 48.2 Å². The van der Waals surface area contributed by atoms with Crippen LogP contribution in [0, 0.1) is 17.8 Å². The van der Waals surface area contributed by atoms with Gasteiger partial charge in [-0.05, 0) is 111 Å². The molecule has 1 aromatic heterocycles. The smallest absolute Gasteiger partial charge is 0.311 e. The molecule has 4 rings (SSSR count). The summed E-state index contributed by atoms with van der Waals surface area (Å²) in [5.41, 5.74) is 1.11. The molecule has 2 aromatic rings. The molecule has 8 N–H and O–H groups in total. The number of benzene rings is 1. The summed E-state index contributed by atoms with van der Waals surface area (Å²) >= 11 is 0. The lowest BCUT2D eigenvalue weighted by atomic mass is 9.78. The summed E-state index contributed by atoms with van der Waals surface area (Å²) < 4.78 is 20.6. The van der Waals surface area contributed by atoms with Crippen LogP contribution in [0.25, 0.3) is 11.3 Å². The molecule has 2 saturated heterocycles. The van der Waals surface area contributed by atoms with Crippen LogP contribution < -0.4 is 10.2 Å². The van der Waals surface area contributed by atoms with E-state index in [9.17, 15) is 35.1 Å². The summed E-state index contributed by atoms with van der Waals surface area (Å²) in [6.45, 7) is 15.5. The number of esters is 1. The maximum Gasteiger partial charge on any atom is 0.311 e. The van der Waals surface area contributed by atoms with Gasteiger partial charge in [0.1, 0.15) is 30.5 Å². The van der Waals surface area contributed by atoms with Crippen molar-refractivity contribution in [1.29, 1.82) is 0 Å². The van der Waals surface area contributed by atoms with Crippen LogP contribution in [0.4, 0.5) is 0 Å². The largest absolute Gasteiger partial charge is 0.459 e. The van der Waals surface area contributed by atoms with Crippen molar-refractivity contribution in [3.8, 4) is 11.3 Å². The Morgan fingerprint density at radius 2 is 1.68 bits per heavy atom. The van der Waals surface area contributed by atoms with Crippen molar-refractivity contribution in [1.82, 2.24) is 25.6 Å². The summed E-state index contributed by atoms with van der Waals surface area (Å²) in [5.74, 6) is -3.20. The minimum absolute atomic E-state index is 0.152. The summed E-state index contributed by atoms with van der Waals surface area (Å²) in [7, 11) is 3.77. The number of ether oxygens (including phenoxy) is 3. The molecule has 17 nitrogen and oxygen atoms in total. The van der Waals surface area contributed by atoms with Crippen LogP contribution in [0.15, 0.2) is 30.5 Å². The van der Waals surface area contributed by atoms with Crippen LogP contribution in [0.2, 0.25) is 0 Å². The standard InChI is InChI=1S/C46H78N6O11/c1-11-37-46(8,59)41(56)32(6)50(9)25-28(2)24-45(7,58)42(30(4)39(54)31(5)43(57)62-37)63-44-40(55)36(23-29(3)61-44)51(10)26-33-18-20-34(21-19-33)35-27-52(49-47-35)22-16-14-12-13-15-17-38(53)48-60/h18-21,27-32,36-37,39-42,44,54-56,58-59H,11-17,22-26H2,1-10H3,(H2,47,48,49,53,60)/p+1/t28-,29-,30+,31-,32-,36+,37-,39+,40-,41-,42-,44+,45-,46-/m1/s1. The number of nitrogens with zero attached hydrogens (tertiary/aromatic N) is 4. The Hall–Kier alpha value is -3.10. The van der Waals surface area contributed by atoms with Gasteiger partial charge in [-0.3, -0.25) is 19.7 Å². The molecule has 63 heavy (non-hydrogen) atoms. The maximum atomic E-state index is 13.6. The normalized spacial score (nSPS) is 35.5. The predicted octanol–water partition coefficient (Wildman–Crippen LogP) is 3.07. The van der Waals surface area contributed by atoms with Gasteiger partial charge in [0.25, 0.3) is 0 Å². The number of H-pyrrole nitrogens is 1. The molecule has 0 radical (unpaired) electrons. The highest BCUT2D eigenvalue weighted by molar-refractivity contribution is 5.74. The van der Waals surface area contributed by atoms with Crippen molar-refractivity contribution in [3.05, 3.63) is 36.0 Å². The SMILES string of the molecule is CC[C@H]1OC(=O)[C@H](C)[C@@H](O)[C@H](C)[C@@H](O[C@@H]2O[C@H](C)C[C@H](N(C)Cc3ccc(-c4c[n+](CCCCCCCC(=O)NO)[nH]n4)cc3)[C@H]2O)[C@](C)(O)C[C@@H](C)CN(C)[C@H](C)[C@@H](O)[C@]1(C)O. The Labute approximate surface area is 374 Å². The molecule has 2 fully saturated rings. The Morgan fingerprint density at radius 1 is 1.03 bits per heavy atom. The van der Waals surface area contributed by atoms with Gasteiger partial charge in [-0.2, -0.15) is 4.68 Å². The molecule has 1 aromatic carbocycles. The van der Waals surface area contributed by atoms with Crippen molar-refractivity contribution in [3.63, 3.8) is 0 Å². The van der Waals surface area contributed by atoms with Crippen molar-refractivity contribution in [2.24, 2.45) is 17.8 Å². The Balaban J connectivity index is 1.45. The molecular weight excluding hydrogens is 813 g/mol. The number of hydrogen-bond donors (Lipinski definition) is 8. The van der Waals surface area contributed by atoms with Gasteiger partial charge in [0.05, 0.1) is 29.8 Å². The van der Waals surface area contributed by atoms with E-state index in [-0.39, 0.29) is 36.8 Å². The third kappa shape index (κ3) is 14.0. The average Bonchev–Trinajstić information content (AvgIpc) is 3.72. The zero-order chi connectivity index (χ0) is 46.8. The number of aliphatic hydroxyl groups excluding tert-OH is 3. The number of aromatic nitrogens is 3. The fourth-order valence-corrected chi connectivity index (χ4v) is 9.58. The van der Waals surface area contributed by atoms with Crippen molar-refractivity contribution in [2.45, 2.75) is 192 Å². The monoisotopic (exact) mass is 892 g/mol. The number of hydrogen-bond acceptors (Lipinski definition) is 14. The number of carbonyl (C=O) groups excluding carboxylic acids is 2. The highest BCUT2D eigenvalue weighted by atomic mass is 16.7. The van der Waals surface area contributed by atoms with E-state index in [1.54, 1.807) is 33.2 Å². The number of amides is 1. The first-order chi connectivity index (χ1) is 29.6. The Morgan fingerprint density at radius 3 is 2.33 bits per heavy atom. The second-order valence-electron chi connectivity index (χ2n) is 19.2. The fourth-order valence-electron chi connectivity index (χ4n) is 9.58. The van der Waals surface area contributed by atoms with Crippen LogP contribution in [-0.4, -0.2) is 150 Å². The molecule has 14 atom stereocenters. The van der Waals surface area contributed by atoms with Crippen molar-refractivity contribution < 1.29 is 59.2 Å². The number of aryl methyl sites for hydroxylation is 1. The molecule has 0 spiro atoms. The average molecular weight is 892 g/mol. The number of aromatic amines is 1. The molecule has 1 amide bonds. The first-order valence-electron chi connectivity index (χ1n) is 23.0. The van der Waals surface area contributed by atoms with Crippen molar-refractivity contribution >= 4 is 11.9 Å². The molecule has 0 unspecified atom stereocenters. The minimum Gasteiger partial charge on any atom is -0.459 e. The van der Waals surface area contributed by atoms with Gasteiger partial charge >= 0.3 is 5.97 Å². The van der Waals surface area contributed by atoms with Gasteiger partial charge in [0.2, 0.25) is 11.6 Å². The van der Waals surface area contributed by atoms with E-state index in [0.717, 1.165) is 55.5 Å². The lowest BCUT2D eigenvalue weighted by molar-refractivity contribution is -0.753. The van der Waals surface area contributed by atoms with E-state index in [1.807, 2.05) is 68.0 Å². The van der Waals surface area contributed by atoms with E-state index in [2.05, 4.69) is 15.2 Å². The maximum absolute atomic E-state index is 13.6. The topological polar surface area (TPSA) is 234 Å². The van der Waals surface area contributed by atoms with E-state index >= 15 is 0 Å². The molecular formula is C46H79N6O11+. The molecule has 3 heterocycles. The van der Waals surface area contributed by atoms with E-state index in [1.165, 1.54) is 13.8 Å². The Bertz CT molecular complexity index is 1710. The second-order valence-corrected chi connectivity index (χ2v) is 19.2. The van der Waals surface area contributed by atoms with E-state index < -0.39 is 71.9 Å². The molecule has 2 aliphatic heterocycles. The van der Waals surface area contributed by atoms with Gasteiger partial charge < -0.3 is 44.6 Å². The number of nitrogens with one attached hydrogen (secondary N) is 2. The zero-order valence-electron chi connectivity index (χ0n) is 39.3. The highest BCUT2D eigenvalue weighted by Crippen LogP contribution is 2.37. The zero-order valence-corrected chi connectivity index (χ0v) is 39.3. The molecule has 0 aliphatic carbocycles. The highest BCUT2D eigenvalue weighted by Gasteiger charge is 2.50. The van der Waals surface area contributed by atoms with Crippen LogP contribution in [-0.2, 0) is 36.9 Å². The number of rotatable bonds is 15. The minimum atomic E-state index is -1.79. The summed E-state index contributed by atoms with van der Waals surface area (Å²) in [4.78, 5) is 28.7. The lowest BCUT2D eigenvalue weighted by Gasteiger charge is -2.47. The van der Waals surface area contributed by atoms with Crippen molar-refractivity contribution in [2.75, 3.05) is 20.6 Å². The molecule has 17 heteroatoms. The quantitative estimate of drug-likeness (QED) is 0.0423. The number of aliphatic hydroxyl groups is 5. The number of unbranched alkanes of at least 4 members (excludes halogenated alkanes) is 4. The summed E-state index contributed by atoms with van der Waals surface area (Å²) in [6, 6.07) is 7.20. The number of hydroxylamine groups is 1. The second kappa shape index (κ2) is 23.4. The van der Waals surface area contributed by atoms with Gasteiger partial charge in [-0.15, -0.1) is 0 Å². The molecule has 358 valence electrons. The first kappa shape index (κ1) is 52.5. The van der Waals surface area contributed by atoms with Gasteiger partial charge in [-0.1, -0.05) is 51.0 Å². The third-order valence-electron chi connectivity index (χ3n) is 13.6. The first-order valence-corrected chi connectivity index (χ1v) is 23.0. The van der Waals surface area contributed by atoms with Crippen LogP contribution in [0.1, 0.15) is 119 Å². The number of carbonyl (C=O) groups is 2. The molecule has 0 saturated carbocycles. The lowest BCUT2D eigenvalue weighted by Crippen LogP contribution is -2.59. The van der Waals surface area contributed by atoms with Crippen LogP contribution >= 0.6 is 0 Å². The van der Waals surface area contributed by atoms with Gasteiger partial charge in [0.15, 0.2) is 12.5 Å². The fraction of sp³-hybridized carbons (Fsp3) is 0.783. The molecule has 2 aliphatic rings. The van der Waals surface area contributed by atoms with Crippen LogP contribution in [0.3, 0.4) is 0 Å². The van der Waals surface area contributed by atoms with Gasteiger partial charge in [-0.25, -0.2) is 5.48 Å². The van der Waals surface area contributed by atoms with E-state index in [0.29, 0.717) is 25.9 Å². The predicted molar refractivity (Wildman–Crippen MR) is 235 cm³/mol. The third-order valence-corrected chi connectivity index (χ3v) is 13.6. The van der Waals surface area contributed by atoms with E-state index in [4.69, 9.17) is 19.4 Å². The summed E-state index contributed by atoms with van der Waals surface area (Å²) in [5, 5.41) is 75.0. The summed E-state index contributed by atoms with van der Waals surface area (Å²) in [6.07, 6.45) is 0.546. The Kier molecular flexibility index (Phi) is 19.5. The molecule has 0 bridgehead atoms. The van der Waals surface area contributed by atoms with Crippen LogP contribution in [0.5, 0.6) is 0 Å². The number of cyclic esters (lactones) is 1. The number of likely N-dealkylation sites (N-methyl/N-ethyl adjacent to an activating group) is 2.